The Labute approximate surface area is 93.9 Å². The van der Waals surface area contributed by atoms with E-state index in [2.05, 4.69) is 54.1 Å². The van der Waals surface area contributed by atoms with Crippen LogP contribution >= 0.6 is 15.9 Å². The van der Waals surface area contributed by atoms with Crippen LogP contribution in [0, 0.1) is 13.8 Å². The van der Waals surface area contributed by atoms with Crippen LogP contribution in [0.4, 0.5) is 0 Å². The average Bonchev–Trinajstić information content (AvgIpc) is 2.14. The van der Waals surface area contributed by atoms with Gasteiger partial charge in [0.1, 0.15) is 5.75 Å². The first kappa shape index (κ1) is 11.3. The van der Waals surface area contributed by atoms with Crippen molar-refractivity contribution in [2.24, 2.45) is 0 Å². The summed E-state index contributed by atoms with van der Waals surface area (Å²) in [6.45, 7) is 4.13. The number of methoxy groups -OCH3 is 1. The number of rotatable bonds is 3. The molecule has 0 heterocycles. The van der Waals surface area contributed by atoms with Crippen LogP contribution in [-0.4, -0.2) is 12.4 Å². The highest BCUT2D eigenvalue weighted by atomic mass is 79.9. The molecule has 14 heavy (non-hydrogen) atoms. The first-order chi connectivity index (χ1) is 6.69. The number of allylic oxidation sites excluding steroid dienone is 1. The molecule has 1 aromatic carbocycles. The minimum absolute atomic E-state index is 0.886. The Kier molecular flexibility index (Phi) is 4.21. The molecule has 0 aliphatic heterocycles. The molecule has 2 heteroatoms. The van der Waals surface area contributed by atoms with E-state index in [1.807, 2.05) is 0 Å². The van der Waals surface area contributed by atoms with E-state index in [9.17, 15) is 0 Å². The van der Waals surface area contributed by atoms with Gasteiger partial charge in [-0.2, -0.15) is 0 Å². The van der Waals surface area contributed by atoms with Crippen molar-refractivity contribution < 1.29 is 4.74 Å². The summed E-state index contributed by atoms with van der Waals surface area (Å²) in [7, 11) is 1.71. The van der Waals surface area contributed by atoms with E-state index in [1.165, 1.54) is 16.7 Å². The van der Waals surface area contributed by atoms with Gasteiger partial charge in [0.2, 0.25) is 0 Å². The highest BCUT2D eigenvalue weighted by molar-refractivity contribution is 9.09. The Balaban J connectivity index is 3.07. The molecule has 0 saturated carbocycles. The maximum atomic E-state index is 5.30. The quantitative estimate of drug-likeness (QED) is 0.748. The fraction of sp³-hybridized carbons (Fsp3) is 0.333. The fourth-order valence-corrected chi connectivity index (χ4v) is 1.77. The number of ether oxygens (including phenoxy) is 1. The molecule has 0 N–H and O–H groups in total. The third-order valence-corrected chi connectivity index (χ3v) is 2.46. The third-order valence-electron chi connectivity index (χ3n) is 2.09. The molecule has 0 unspecified atom stereocenters. The van der Waals surface area contributed by atoms with Gasteiger partial charge in [0.05, 0.1) is 7.11 Å². The van der Waals surface area contributed by atoms with Crippen LogP contribution in [0.5, 0.6) is 5.75 Å². The third kappa shape index (κ3) is 2.61. The van der Waals surface area contributed by atoms with Crippen molar-refractivity contribution in [3.63, 3.8) is 0 Å². The monoisotopic (exact) mass is 254 g/mol. The number of hydrogen-bond donors (Lipinski definition) is 0. The first-order valence-corrected chi connectivity index (χ1v) is 5.69. The lowest BCUT2D eigenvalue weighted by molar-refractivity contribution is 0.408. The normalized spacial score (nSPS) is 10.9. The van der Waals surface area contributed by atoms with Gasteiger partial charge in [-0.3, -0.25) is 0 Å². The smallest absolute Gasteiger partial charge is 0.124 e. The maximum absolute atomic E-state index is 5.30. The van der Waals surface area contributed by atoms with Gasteiger partial charge in [0.15, 0.2) is 0 Å². The number of alkyl halides is 1. The number of hydrogen-bond acceptors (Lipinski definition) is 1. The van der Waals surface area contributed by atoms with E-state index in [0.29, 0.717) is 0 Å². The summed E-state index contributed by atoms with van der Waals surface area (Å²) < 4.78 is 5.30. The standard InChI is InChI=1S/C12H15BrO/c1-9-7-11(5-4-6-13)8-10(2)12(9)14-3/h4-5,7-8H,6H2,1-3H3. The summed E-state index contributed by atoms with van der Waals surface area (Å²) in [6, 6.07) is 4.26. The number of benzene rings is 1. The molecule has 0 aromatic heterocycles. The largest absolute Gasteiger partial charge is 0.496 e. The number of aryl methyl sites for hydroxylation is 2. The zero-order chi connectivity index (χ0) is 10.6. The van der Waals surface area contributed by atoms with Crippen LogP contribution in [-0.2, 0) is 0 Å². The summed E-state index contributed by atoms with van der Waals surface area (Å²) in [5.74, 6) is 0.987. The second-order valence-corrected chi connectivity index (χ2v) is 3.89. The van der Waals surface area contributed by atoms with Gasteiger partial charge in [-0.15, -0.1) is 0 Å². The Hall–Kier alpha value is -0.760. The van der Waals surface area contributed by atoms with Crippen LogP contribution in [0.2, 0.25) is 0 Å². The van der Waals surface area contributed by atoms with E-state index < -0.39 is 0 Å². The Morgan fingerprint density at radius 1 is 1.29 bits per heavy atom. The Bertz CT molecular complexity index is 319. The molecule has 1 rings (SSSR count). The van der Waals surface area contributed by atoms with E-state index in [1.54, 1.807) is 7.11 Å². The van der Waals surface area contributed by atoms with Gasteiger partial charge in [0.25, 0.3) is 0 Å². The minimum Gasteiger partial charge on any atom is -0.496 e. The van der Waals surface area contributed by atoms with Gasteiger partial charge >= 0.3 is 0 Å². The lowest BCUT2D eigenvalue weighted by Crippen LogP contribution is -1.91. The van der Waals surface area contributed by atoms with Gasteiger partial charge in [-0.05, 0) is 42.7 Å². The molecule has 0 radical (unpaired) electrons. The van der Waals surface area contributed by atoms with Gasteiger partial charge in [-0.1, -0.05) is 28.1 Å². The SMILES string of the molecule is COc1c(C)cc(C=CCBr)cc1C. The molecule has 0 spiro atoms. The second kappa shape index (κ2) is 5.20. The zero-order valence-corrected chi connectivity index (χ0v) is 10.4. The highest BCUT2D eigenvalue weighted by Crippen LogP contribution is 2.24. The predicted molar refractivity (Wildman–Crippen MR) is 65.3 cm³/mol. The lowest BCUT2D eigenvalue weighted by atomic mass is 10.1. The molecule has 0 aliphatic carbocycles. The molecule has 0 aliphatic rings. The van der Waals surface area contributed by atoms with E-state index in [4.69, 9.17) is 4.74 Å². The molecule has 0 bridgehead atoms. The van der Waals surface area contributed by atoms with Crippen molar-refractivity contribution in [3.8, 4) is 5.75 Å². The fourth-order valence-electron chi connectivity index (χ4n) is 1.58. The van der Waals surface area contributed by atoms with E-state index >= 15 is 0 Å². The van der Waals surface area contributed by atoms with Crippen molar-refractivity contribution >= 4 is 22.0 Å². The van der Waals surface area contributed by atoms with Gasteiger partial charge < -0.3 is 4.74 Å². The minimum atomic E-state index is 0.886. The van der Waals surface area contributed by atoms with Crippen molar-refractivity contribution in [3.05, 3.63) is 34.9 Å². The molecule has 1 aromatic rings. The molecule has 0 atom stereocenters. The molecular formula is C12H15BrO. The summed E-state index contributed by atoms with van der Waals surface area (Å²) in [4.78, 5) is 0. The predicted octanol–water partition coefficient (Wildman–Crippen LogP) is 3.72. The second-order valence-electron chi connectivity index (χ2n) is 3.24. The van der Waals surface area contributed by atoms with E-state index in [0.717, 1.165) is 11.1 Å². The lowest BCUT2D eigenvalue weighted by Gasteiger charge is -2.09. The summed E-state index contributed by atoms with van der Waals surface area (Å²) in [5.41, 5.74) is 3.59. The summed E-state index contributed by atoms with van der Waals surface area (Å²) in [6.07, 6.45) is 4.19. The maximum Gasteiger partial charge on any atom is 0.124 e. The first-order valence-electron chi connectivity index (χ1n) is 4.56. The summed E-state index contributed by atoms with van der Waals surface area (Å²) >= 11 is 3.36. The van der Waals surface area contributed by atoms with Crippen molar-refractivity contribution in [2.45, 2.75) is 13.8 Å². The Morgan fingerprint density at radius 3 is 2.29 bits per heavy atom. The molecule has 76 valence electrons. The summed E-state index contributed by atoms with van der Waals surface area (Å²) in [5, 5.41) is 0.886. The molecule has 0 saturated heterocycles. The molecular weight excluding hydrogens is 240 g/mol. The van der Waals surface area contributed by atoms with Gasteiger partial charge in [0, 0.05) is 5.33 Å². The van der Waals surface area contributed by atoms with Crippen LogP contribution < -0.4 is 4.74 Å². The highest BCUT2D eigenvalue weighted by Gasteiger charge is 2.02. The van der Waals surface area contributed by atoms with Crippen LogP contribution in [0.25, 0.3) is 6.08 Å². The van der Waals surface area contributed by atoms with Crippen LogP contribution in [0.1, 0.15) is 16.7 Å². The molecule has 0 amide bonds. The average molecular weight is 255 g/mol. The molecule has 0 fully saturated rings. The zero-order valence-electron chi connectivity index (χ0n) is 8.80. The van der Waals surface area contributed by atoms with Gasteiger partial charge in [-0.25, -0.2) is 0 Å². The number of halogens is 1. The van der Waals surface area contributed by atoms with Crippen molar-refractivity contribution in [1.82, 2.24) is 0 Å². The van der Waals surface area contributed by atoms with Crippen LogP contribution in [0.3, 0.4) is 0 Å². The van der Waals surface area contributed by atoms with Crippen molar-refractivity contribution in [1.29, 1.82) is 0 Å². The topological polar surface area (TPSA) is 9.23 Å². The Morgan fingerprint density at radius 2 is 1.86 bits per heavy atom. The molecule has 1 nitrogen and oxygen atoms in total. The van der Waals surface area contributed by atoms with Crippen molar-refractivity contribution in [2.75, 3.05) is 12.4 Å². The van der Waals surface area contributed by atoms with E-state index in [-0.39, 0.29) is 0 Å². The van der Waals surface area contributed by atoms with Crippen LogP contribution in [0.15, 0.2) is 18.2 Å².